The molecule has 5 fully saturated rings. The van der Waals surface area contributed by atoms with Crippen LogP contribution in [0, 0.1) is 46.3 Å². The van der Waals surface area contributed by atoms with Crippen molar-refractivity contribution in [2.45, 2.75) is 136 Å². The van der Waals surface area contributed by atoms with Gasteiger partial charge < -0.3 is 14.7 Å². The average Bonchev–Trinajstić information content (AvgIpc) is 3.42. The molecule has 0 aromatic carbocycles. The third kappa shape index (κ3) is 4.38. The zero-order valence-corrected chi connectivity index (χ0v) is 24.4. The van der Waals surface area contributed by atoms with Gasteiger partial charge in [-0.15, -0.1) is 0 Å². The lowest BCUT2D eigenvalue weighted by atomic mass is 9.44. The molecular weight excluding hydrogens is 462 g/mol. The van der Waals surface area contributed by atoms with Gasteiger partial charge in [-0.3, -0.25) is 9.59 Å². The minimum absolute atomic E-state index is 0.00502. The fourth-order valence-electron chi connectivity index (χ4n) is 10.7. The molecule has 10 atom stereocenters. The molecule has 37 heavy (non-hydrogen) atoms. The van der Waals surface area contributed by atoms with E-state index in [0.29, 0.717) is 23.9 Å². The van der Waals surface area contributed by atoms with Crippen LogP contribution in [0.4, 0.5) is 0 Å². The molecule has 5 nitrogen and oxygen atoms in total. The smallest absolute Gasteiger partial charge is 0.323 e. The monoisotopic (exact) mass is 515 g/mol. The van der Waals surface area contributed by atoms with Crippen LogP contribution < -0.4 is 0 Å². The van der Waals surface area contributed by atoms with Crippen molar-refractivity contribution in [3.8, 4) is 0 Å². The second-order valence-electron chi connectivity index (χ2n) is 14.7. The summed E-state index contributed by atoms with van der Waals surface area (Å²) in [5.41, 5.74) is 0.494. The number of carboxylic acid groups (broad SMARTS) is 1. The van der Waals surface area contributed by atoms with Crippen molar-refractivity contribution in [1.29, 1.82) is 0 Å². The number of nitrogens with zero attached hydrogens (tertiary/aromatic N) is 1. The van der Waals surface area contributed by atoms with Gasteiger partial charge in [-0.1, -0.05) is 60.8 Å². The highest BCUT2D eigenvalue weighted by atomic mass is 16.6. The third-order valence-corrected chi connectivity index (χ3v) is 12.6. The van der Waals surface area contributed by atoms with Crippen LogP contribution in [0.5, 0.6) is 0 Å². The summed E-state index contributed by atoms with van der Waals surface area (Å²) in [6, 6.07) is -0.00502. The fraction of sp³-hybridized carbons (Fsp3) is 0.938. The standard InChI is InChI=1S/C32H53NO4/c1-7-28(34)33(19-29(35)36)22-13-16-31(6)26-14-15-30(5)24(21(4)10-8-9-20(2)3)11-12-25(30)23(26)17-27-32(31,18-22)37-27/h20-27H,7-19H2,1-6H3,(H,35,36)/t21-,22+,23+,24-,25+,26+,27+,30-,31-,32?/m1/s1. The summed E-state index contributed by atoms with van der Waals surface area (Å²) in [7, 11) is 0. The van der Waals surface area contributed by atoms with E-state index in [9.17, 15) is 14.7 Å². The van der Waals surface area contributed by atoms with Crippen LogP contribution in [0.2, 0.25) is 0 Å². The fourth-order valence-corrected chi connectivity index (χ4v) is 10.7. The zero-order valence-electron chi connectivity index (χ0n) is 24.4. The van der Waals surface area contributed by atoms with E-state index >= 15 is 0 Å². The number of aliphatic carboxylic acids is 1. The van der Waals surface area contributed by atoms with Crippen LogP contribution >= 0.6 is 0 Å². The Morgan fingerprint density at radius 2 is 1.78 bits per heavy atom. The van der Waals surface area contributed by atoms with Crippen molar-refractivity contribution in [2.75, 3.05) is 6.54 Å². The van der Waals surface area contributed by atoms with Gasteiger partial charge in [-0.2, -0.15) is 0 Å². The second kappa shape index (κ2) is 9.82. The molecule has 4 saturated carbocycles. The lowest BCUT2D eigenvalue weighted by Crippen LogP contribution is -2.60. The Morgan fingerprint density at radius 1 is 1.03 bits per heavy atom. The number of epoxide rings is 1. The molecular formula is C32H53NO4. The predicted molar refractivity (Wildman–Crippen MR) is 146 cm³/mol. The van der Waals surface area contributed by atoms with Crippen LogP contribution in [-0.2, 0) is 14.3 Å². The first kappa shape index (κ1) is 27.5. The van der Waals surface area contributed by atoms with Gasteiger partial charge in [0.05, 0.1) is 6.10 Å². The van der Waals surface area contributed by atoms with Gasteiger partial charge in [0.2, 0.25) is 5.91 Å². The number of carbonyl (C=O) groups is 2. The van der Waals surface area contributed by atoms with Gasteiger partial charge in [-0.05, 0) is 92.3 Å². The van der Waals surface area contributed by atoms with Crippen molar-refractivity contribution in [3.05, 3.63) is 0 Å². The van der Waals surface area contributed by atoms with Crippen LogP contribution in [0.25, 0.3) is 0 Å². The molecule has 1 aliphatic heterocycles. The van der Waals surface area contributed by atoms with Crippen LogP contribution in [0.15, 0.2) is 0 Å². The molecule has 1 saturated heterocycles. The van der Waals surface area contributed by atoms with Gasteiger partial charge in [0, 0.05) is 17.9 Å². The molecule has 1 spiro atoms. The molecule has 5 rings (SSSR count). The number of carboxylic acids is 1. The molecule has 210 valence electrons. The van der Waals surface area contributed by atoms with Crippen molar-refractivity contribution in [3.63, 3.8) is 0 Å². The average molecular weight is 516 g/mol. The molecule has 5 heteroatoms. The normalized spacial score (nSPS) is 44.8. The molecule has 4 aliphatic carbocycles. The number of rotatable bonds is 9. The number of amides is 1. The van der Waals surface area contributed by atoms with Crippen molar-refractivity contribution in [2.24, 2.45) is 46.3 Å². The highest BCUT2D eigenvalue weighted by molar-refractivity contribution is 5.81. The zero-order chi connectivity index (χ0) is 26.8. The first-order chi connectivity index (χ1) is 17.5. The van der Waals surface area contributed by atoms with E-state index in [4.69, 9.17) is 4.74 Å². The van der Waals surface area contributed by atoms with Gasteiger partial charge in [0.25, 0.3) is 0 Å². The summed E-state index contributed by atoms with van der Waals surface area (Å²) in [4.78, 5) is 25.9. The van der Waals surface area contributed by atoms with E-state index in [1.54, 1.807) is 4.90 Å². The van der Waals surface area contributed by atoms with E-state index in [1.807, 2.05) is 6.92 Å². The Balaban J connectivity index is 1.31. The Morgan fingerprint density at radius 3 is 2.46 bits per heavy atom. The molecule has 1 heterocycles. The number of hydrogen-bond acceptors (Lipinski definition) is 3. The summed E-state index contributed by atoms with van der Waals surface area (Å²) in [6.07, 6.45) is 14.2. The van der Waals surface area contributed by atoms with Gasteiger partial charge in [-0.25, -0.2) is 0 Å². The maximum Gasteiger partial charge on any atom is 0.323 e. The quantitative estimate of drug-likeness (QED) is 0.338. The Hall–Kier alpha value is -1.10. The molecule has 1 N–H and O–H groups in total. The lowest BCUT2D eigenvalue weighted by molar-refractivity contribution is -0.150. The predicted octanol–water partition coefficient (Wildman–Crippen LogP) is 6.93. The maximum atomic E-state index is 12.7. The van der Waals surface area contributed by atoms with Gasteiger partial charge >= 0.3 is 5.97 Å². The summed E-state index contributed by atoms with van der Waals surface area (Å²) in [6.45, 7) is 14.1. The second-order valence-corrected chi connectivity index (χ2v) is 14.7. The number of ether oxygens (including phenoxy) is 1. The molecule has 1 amide bonds. The van der Waals surface area contributed by atoms with E-state index in [0.717, 1.165) is 48.9 Å². The Bertz CT molecular complexity index is 888. The van der Waals surface area contributed by atoms with E-state index in [-0.39, 0.29) is 29.5 Å². The van der Waals surface area contributed by atoms with Crippen LogP contribution in [0.1, 0.15) is 119 Å². The molecule has 0 aromatic rings. The van der Waals surface area contributed by atoms with E-state index in [2.05, 4.69) is 34.6 Å². The van der Waals surface area contributed by atoms with Crippen molar-refractivity contribution < 1.29 is 19.4 Å². The molecule has 0 bridgehead atoms. The topological polar surface area (TPSA) is 70.1 Å². The maximum absolute atomic E-state index is 12.7. The van der Waals surface area contributed by atoms with E-state index in [1.165, 1.54) is 51.4 Å². The minimum atomic E-state index is -0.912. The van der Waals surface area contributed by atoms with Gasteiger partial charge in [0.15, 0.2) is 0 Å². The summed E-state index contributed by atoms with van der Waals surface area (Å²) in [5.74, 6) is 3.85. The summed E-state index contributed by atoms with van der Waals surface area (Å²) >= 11 is 0. The largest absolute Gasteiger partial charge is 0.480 e. The molecule has 5 aliphatic rings. The molecule has 0 radical (unpaired) electrons. The molecule has 0 aromatic heterocycles. The van der Waals surface area contributed by atoms with E-state index < -0.39 is 5.97 Å². The number of hydrogen-bond donors (Lipinski definition) is 1. The highest BCUT2D eigenvalue weighted by Crippen LogP contribution is 2.74. The first-order valence-electron chi connectivity index (χ1n) is 15.7. The highest BCUT2D eigenvalue weighted by Gasteiger charge is 2.76. The van der Waals surface area contributed by atoms with Gasteiger partial charge in [0.1, 0.15) is 12.1 Å². The third-order valence-electron chi connectivity index (χ3n) is 12.6. The minimum Gasteiger partial charge on any atom is -0.480 e. The van der Waals surface area contributed by atoms with Crippen molar-refractivity contribution in [1.82, 2.24) is 4.90 Å². The SMILES string of the molecule is CCC(=O)N(CC(=O)O)[C@H]1CC[C@]2(C)[C@H]3CC[C@]4(C)[C@@H]([C@H](C)CCCC(C)C)CC[C@H]4[C@@H]3C[C@@H]3OC32C1. The lowest BCUT2D eigenvalue weighted by Gasteiger charge is -2.60. The van der Waals surface area contributed by atoms with Crippen LogP contribution in [-0.4, -0.2) is 46.2 Å². The Kier molecular flexibility index (Phi) is 7.29. The summed E-state index contributed by atoms with van der Waals surface area (Å²) < 4.78 is 6.71. The first-order valence-corrected chi connectivity index (χ1v) is 15.7. The number of carbonyl (C=O) groups excluding carboxylic acids is 1. The number of fused-ring (bicyclic) bond motifs is 4. The molecule has 1 unspecified atom stereocenters. The van der Waals surface area contributed by atoms with Crippen LogP contribution in [0.3, 0.4) is 0 Å². The Labute approximate surface area is 225 Å². The van der Waals surface area contributed by atoms with Crippen molar-refractivity contribution >= 4 is 11.9 Å². The summed E-state index contributed by atoms with van der Waals surface area (Å²) in [5, 5.41) is 9.49.